The molecule has 0 radical (unpaired) electrons. The highest BCUT2D eigenvalue weighted by molar-refractivity contribution is 5.89. The van der Waals surface area contributed by atoms with Gasteiger partial charge in [0.05, 0.1) is 11.6 Å². The molecule has 0 aliphatic carbocycles. The van der Waals surface area contributed by atoms with Crippen LogP contribution in [0.25, 0.3) is 0 Å². The minimum absolute atomic E-state index is 0.00149. The van der Waals surface area contributed by atoms with Crippen LogP contribution in [0, 0.1) is 17.0 Å². The molecule has 2 N–H and O–H groups in total. The number of aryl methyl sites for hydroxylation is 1. The van der Waals surface area contributed by atoms with Crippen molar-refractivity contribution in [2.24, 2.45) is 0 Å². The molecule has 2 amide bonds. The summed E-state index contributed by atoms with van der Waals surface area (Å²) in [7, 11) is 0. The summed E-state index contributed by atoms with van der Waals surface area (Å²) < 4.78 is 11.8. The maximum absolute atomic E-state index is 11.8. The summed E-state index contributed by atoms with van der Waals surface area (Å²) >= 11 is 0. The Morgan fingerprint density at radius 2 is 2.22 bits per heavy atom. The zero-order chi connectivity index (χ0) is 13.5. The van der Waals surface area contributed by atoms with Gasteiger partial charge in [0.15, 0.2) is 0 Å². The van der Waals surface area contributed by atoms with Gasteiger partial charge in [0, 0.05) is 23.9 Å². The molecule has 0 aliphatic heterocycles. The third kappa shape index (κ3) is 4.00. The standard InChI is InChI=1S/C11H14FN3O3/c1-8-7-9(3-4-10(8)15(17)18)14-11(16)13-6-2-5-12/h3-4,7H,2,5-6H2,1H3,(H2,13,14,16). The molecule has 0 aromatic heterocycles. The van der Waals surface area contributed by atoms with Gasteiger partial charge in [-0.15, -0.1) is 0 Å². The summed E-state index contributed by atoms with van der Waals surface area (Å²) in [6.07, 6.45) is 0.257. The monoisotopic (exact) mass is 255 g/mol. The number of anilines is 1. The van der Waals surface area contributed by atoms with E-state index in [-0.39, 0.29) is 18.7 Å². The van der Waals surface area contributed by atoms with Crippen molar-refractivity contribution in [3.63, 3.8) is 0 Å². The number of nitrogens with one attached hydrogen (secondary N) is 2. The smallest absolute Gasteiger partial charge is 0.319 e. The van der Waals surface area contributed by atoms with Crippen LogP contribution < -0.4 is 10.6 Å². The minimum Gasteiger partial charge on any atom is -0.338 e. The van der Waals surface area contributed by atoms with Gasteiger partial charge in [0.1, 0.15) is 0 Å². The highest BCUT2D eigenvalue weighted by atomic mass is 19.1. The van der Waals surface area contributed by atoms with Crippen molar-refractivity contribution >= 4 is 17.4 Å². The van der Waals surface area contributed by atoms with Crippen molar-refractivity contribution in [1.82, 2.24) is 5.32 Å². The third-order valence-corrected chi connectivity index (χ3v) is 2.25. The van der Waals surface area contributed by atoms with Gasteiger partial charge in [-0.1, -0.05) is 0 Å². The van der Waals surface area contributed by atoms with E-state index in [2.05, 4.69) is 10.6 Å². The Labute approximate surface area is 103 Å². The average Bonchev–Trinajstić information content (AvgIpc) is 2.28. The van der Waals surface area contributed by atoms with E-state index in [4.69, 9.17) is 0 Å². The molecule has 0 bridgehead atoms. The van der Waals surface area contributed by atoms with Gasteiger partial charge in [0.25, 0.3) is 5.69 Å². The molecule has 0 heterocycles. The molecule has 18 heavy (non-hydrogen) atoms. The first kappa shape index (κ1) is 13.9. The summed E-state index contributed by atoms with van der Waals surface area (Å²) in [5, 5.41) is 15.6. The Balaban J connectivity index is 2.60. The predicted molar refractivity (Wildman–Crippen MR) is 65.4 cm³/mol. The highest BCUT2D eigenvalue weighted by Gasteiger charge is 2.10. The molecule has 1 aromatic rings. The van der Waals surface area contributed by atoms with Gasteiger partial charge in [-0.2, -0.15) is 0 Å². The second-order valence-corrected chi connectivity index (χ2v) is 3.68. The van der Waals surface area contributed by atoms with Crippen LogP contribution in [0.2, 0.25) is 0 Å². The van der Waals surface area contributed by atoms with E-state index in [1.165, 1.54) is 18.2 Å². The van der Waals surface area contributed by atoms with Gasteiger partial charge in [-0.25, -0.2) is 4.79 Å². The fraction of sp³-hybridized carbons (Fsp3) is 0.364. The Bertz CT molecular complexity index is 451. The van der Waals surface area contributed by atoms with Crippen LogP contribution in [0.5, 0.6) is 0 Å². The van der Waals surface area contributed by atoms with Crippen molar-refractivity contribution in [3.05, 3.63) is 33.9 Å². The van der Waals surface area contributed by atoms with Gasteiger partial charge in [-0.05, 0) is 25.5 Å². The maximum atomic E-state index is 11.8. The normalized spacial score (nSPS) is 9.89. The van der Waals surface area contributed by atoms with Crippen LogP contribution in [-0.2, 0) is 0 Å². The number of nitro benzene ring substituents is 1. The maximum Gasteiger partial charge on any atom is 0.319 e. The average molecular weight is 255 g/mol. The Hall–Kier alpha value is -2.18. The largest absolute Gasteiger partial charge is 0.338 e. The second kappa shape index (κ2) is 6.53. The minimum atomic E-state index is -0.489. The number of urea groups is 1. The predicted octanol–water partition coefficient (Wildman–Crippen LogP) is 2.38. The molecule has 7 heteroatoms. The molecule has 0 saturated heterocycles. The summed E-state index contributed by atoms with van der Waals surface area (Å²) in [6.45, 7) is 1.34. The molecule has 0 unspecified atom stereocenters. The molecule has 0 spiro atoms. The van der Waals surface area contributed by atoms with Crippen LogP contribution >= 0.6 is 0 Å². The second-order valence-electron chi connectivity index (χ2n) is 3.68. The molecular formula is C11H14FN3O3. The van der Waals surface area contributed by atoms with E-state index in [0.29, 0.717) is 11.3 Å². The Kier molecular flexibility index (Phi) is 5.04. The highest BCUT2D eigenvalue weighted by Crippen LogP contribution is 2.21. The lowest BCUT2D eigenvalue weighted by molar-refractivity contribution is -0.385. The summed E-state index contributed by atoms with van der Waals surface area (Å²) in [4.78, 5) is 21.5. The number of nitro groups is 1. The number of hydrogen-bond acceptors (Lipinski definition) is 3. The SMILES string of the molecule is Cc1cc(NC(=O)NCCCF)ccc1[N+](=O)[O-]. The lowest BCUT2D eigenvalue weighted by Gasteiger charge is -2.07. The molecule has 98 valence electrons. The third-order valence-electron chi connectivity index (χ3n) is 2.25. The number of amides is 2. The van der Waals surface area contributed by atoms with E-state index in [1.54, 1.807) is 6.92 Å². The van der Waals surface area contributed by atoms with Crippen molar-refractivity contribution in [1.29, 1.82) is 0 Å². The number of rotatable bonds is 5. The number of benzene rings is 1. The number of alkyl halides is 1. The van der Waals surface area contributed by atoms with Crippen molar-refractivity contribution < 1.29 is 14.1 Å². The van der Waals surface area contributed by atoms with Crippen molar-refractivity contribution in [2.75, 3.05) is 18.5 Å². The van der Waals surface area contributed by atoms with Crippen molar-refractivity contribution in [2.45, 2.75) is 13.3 Å². The van der Waals surface area contributed by atoms with E-state index in [1.807, 2.05) is 0 Å². The van der Waals surface area contributed by atoms with Gasteiger partial charge < -0.3 is 10.6 Å². The molecule has 0 saturated carbocycles. The zero-order valence-corrected chi connectivity index (χ0v) is 9.90. The van der Waals surface area contributed by atoms with Gasteiger partial charge in [0.2, 0.25) is 0 Å². The summed E-state index contributed by atoms with van der Waals surface area (Å²) in [6, 6.07) is 3.82. The zero-order valence-electron chi connectivity index (χ0n) is 9.90. The number of hydrogen-bond donors (Lipinski definition) is 2. The van der Waals surface area contributed by atoms with Crippen LogP contribution in [-0.4, -0.2) is 24.2 Å². The topological polar surface area (TPSA) is 84.3 Å². The molecule has 1 aromatic carbocycles. The van der Waals surface area contributed by atoms with Crippen LogP contribution in [0.3, 0.4) is 0 Å². The number of carbonyl (C=O) groups excluding carboxylic acids is 1. The van der Waals surface area contributed by atoms with E-state index in [0.717, 1.165) is 0 Å². The van der Waals surface area contributed by atoms with E-state index >= 15 is 0 Å². The van der Waals surface area contributed by atoms with Crippen LogP contribution in [0.15, 0.2) is 18.2 Å². The summed E-state index contributed by atoms with van der Waals surface area (Å²) in [5.41, 5.74) is 0.913. The van der Waals surface area contributed by atoms with Gasteiger partial charge in [-0.3, -0.25) is 14.5 Å². The first-order valence-electron chi connectivity index (χ1n) is 5.40. The number of nitrogens with zero attached hydrogens (tertiary/aromatic N) is 1. The van der Waals surface area contributed by atoms with Gasteiger partial charge >= 0.3 is 6.03 Å². The lowest BCUT2D eigenvalue weighted by Crippen LogP contribution is -2.29. The molecule has 0 aliphatic rings. The quantitative estimate of drug-likeness (QED) is 0.481. The molecule has 1 rings (SSSR count). The van der Waals surface area contributed by atoms with E-state index in [9.17, 15) is 19.3 Å². The van der Waals surface area contributed by atoms with E-state index < -0.39 is 17.6 Å². The summed E-state index contributed by atoms with van der Waals surface area (Å²) in [5.74, 6) is 0. The fourth-order valence-electron chi connectivity index (χ4n) is 1.38. The Morgan fingerprint density at radius 3 is 2.78 bits per heavy atom. The molecule has 0 atom stereocenters. The molecule has 6 nitrogen and oxygen atoms in total. The van der Waals surface area contributed by atoms with Crippen LogP contribution in [0.4, 0.5) is 20.6 Å². The van der Waals surface area contributed by atoms with Crippen molar-refractivity contribution in [3.8, 4) is 0 Å². The first-order chi connectivity index (χ1) is 8.54. The first-order valence-corrected chi connectivity index (χ1v) is 5.40. The number of carbonyl (C=O) groups is 1. The Morgan fingerprint density at radius 1 is 1.50 bits per heavy atom. The fourth-order valence-corrected chi connectivity index (χ4v) is 1.38. The number of halogens is 1. The molecule has 0 fully saturated rings. The molecular weight excluding hydrogens is 241 g/mol. The van der Waals surface area contributed by atoms with Crippen LogP contribution in [0.1, 0.15) is 12.0 Å². The lowest BCUT2D eigenvalue weighted by atomic mass is 10.2.